The minimum absolute atomic E-state index is 0.0823. The number of hydrogen-bond acceptors (Lipinski definition) is 3. The van der Waals surface area contributed by atoms with Crippen LogP contribution in [-0.2, 0) is 15.4 Å². The number of hydrogen-bond donors (Lipinski definition) is 1. The van der Waals surface area contributed by atoms with Gasteiger partial charge in [0.1, 0.15) is 5.52 Å². The first-order valence-electron chi connectivity index (χ1n) is 9.01. The summed E-state index contributed by atoms with van der Waals surface area (Å²) in [6.45, 7) is 10.2. The van der Waals surface area contributed by atoms with Crippen LogP contribution in [0.3, 0.4) is 0 Å². The molecular formula is C20H23Cl2N2O3SSi. The Hall–Kier alpha value is -1.67. The minimum Gasteiger partial charge on any atom is -0.469 e. The van der Waals surface area contributed by atoms with Gasteiger partial charge in [-0.2, -0.15) is 0 Å². The lowest BCUT2D eigenvalue weighted by atomic mass is 9.84. The number of aromatic nitrogens is 1. The smallest absolute Gasteiger partial charge is 0.311 e. The van der Waals surface area contributed by atoms with Crippen molar-refractivity contribution in [1.29, 1.82) is 0 Å². The summed E-state index contributed by atoms with van der Waals surface area (Å²) in [5, 5.41) is 1.63. The molecule has 1 radical (unpaired) electrons. The van der Waals surface area contributed by atoms with Crippen molar-refractivity contribution in [2.45, 2.75) is 44.2 Å². The van der Waals surface area contributed by atoms with Crippen LogP contribution < -0.4 is 9.25 Å². The number of anilines is 1. The second-order valence-corrected chi connectivity index (χ2v) is 12.5. The van der Waals surface area contributed by atoms with Gasteiger partial charge in [-0.1, -0.05) is 56.1 Å². The molecule has 9 heteroatoms. The zero-order valence-electron chi connectivity index (χ0n) is 16.9. The molecule has 0 atom stereocenters. The van der Waals surface area contributed by atoms with Crippen molar-refractivity contribution in [3.05, 3.63) is 58.2 Å². The molecule has 1 N–H and O–H groups in total. The average molecular weight is 470 g/mol. The molecule has 0 saturated heterocycles. The zero-order valence-corrected chi connectivity index (χ0v) is 20.2. The van der Waals surface area contributed by atoms with Crippen molar-refractivity contribution in [3.63, 3.8) is 0 Å². The van der Waals surface area contributed by atoms with Crippen LogP contribution in [0.4, 0.5) is 5.69 Å². The molecule has 5 nitrogen and oxygen atoms in total. The van der Waals surface area contributed by atoms with Gasteiger partial charge in [-0.3, -0.25) is 4.72 Å². The number of halogens is 2. The van der Waals surface area contributed by atoms with E-state index in [0.717, 1.165) is 10.9 Å². The Kier molecular flexibility index (Phi) is 5.98. The molecule has 3 rings (SSSR count). The van der Waals surface area contributed by atoms with Gasteiger partial charge >= 0.3 is 9.04 Å². The summed E-state index contributed by atoms with van der Waals surface area (Å²) in [6.07, 6.45) is 1.69. The van der Waals surface area contributed by atoms with Gasteiger partial charge in [-0.05, 0) is 48.3 Å². The monoisotopic (exact) mass is 469 g/mol. The van der Waals surface area contributed by atoms with Crippen LogP contribution >= 0.6 is 23.2 Å². The predicted octanol–water partition coefficient (Wildman–Crippen LogP) is 5.73. The summed E-state index contributed by atoms with van der Waals surface area (Å²) in [4.78, 5) is 0.0823. The van der Waals surface area contributed by atoms with Gasteiger partial charge in [0.2, 0.25) is 0 Å². The first-order valence-corrected chi connectivity index (χ1v) is 13.7. The predicted molar refractivity (Wildman–Crippen MR) is 122 cm³/mol. The number of fused-ring (bicyclic) bond motifs is 1. The Morgan fingerprint density at radius 2 is 1.79 bits per heavy atom. The molecule has 0 fully saturated rings. The van der Waals surface area contributed by atoms with Crippen LogP contribution in [0.1, 0.15) is 26.3 Å². The quantitative estimate of drug-likeness (QED) is 0.485. The molecule has 0 amide bonds. The van der Waals surface area contributed by atoms with Gasteiger partial charge in [-0.15, -0.1) is 0 Å². The summed E-state index contributed by atoms with van der Waals surface area (Å²) in [7, 11) is -4.97. The SMILES string of the molecule is C[Si](C)On1cc(Cl)c2c(C(C)(C)C)ccc(NS(=O)(=O)c3cccc(Cl)c3)c21. The first-order chi connectivity index (χ1) is 13.4. The van der Waals surface area contributed by atoms with Crippen molar-refractivity contribution in [2.75, 3.05) is 4.72 Å². The number of benzene rings is 2. The fourth-order valence-corrected chi connectivity index (χ4v) is 5.29. The second kappa shape index (κ2) is 7.87. The fraction of sp³-hybridized carbons (Fsp3) is 0.300. The normalized spacial score (nSPS) is 12.6. The van der Waals surface area contributed by atoms with Crippen molar-refractivity contribution in [2.24, 2.45) is 0 Å². The van der Waals surface area contributed by atoms with Gasteiger partial charge in [0, 0.05) is 10.4 Å². The van der Waals surface area contributed by atoms with Crippen LogP contribution in [0.5, 0.6) is 0 Å². The molecule has 1 aromatic heterocycles. The topological polar surface area (TPSA) is 60.3 Å². The van der Waals surface area contributed by atoms with Gasteiger partial charge in [-0.25, -0.2) is 13.1 Å². The van der Waals surface area contributed by atoms with Gasteiger partial charge in [0.25, 0.3) is 10.0 Å². The van der Waals surface area contributed by atoms with Crippen LogP contribution in [0.2, 0.25) is 23.1 Å². The van der Waals surface area contributed by atoms with Gasteiger partial charge in [0.05, 0.1) is 21.8 Å². The van der Waals surface area contributed by atoms with E-state index in [4.69, 9.17) is 27.7 Å². The van der Waals surface area contributed by atoms with E-state index in [0.29, 0.717) is 21.2 Å². The Morgan fingerprint density at radius 1 is 1.10 bits per heavy atom. The number of nitrogens with zero attached hydrogens (tertiary/aromatic N) is 1. The molecule has 0 aliphatic heterocycles. The maximum Gasteiger partial charge on any atom is 0.311 e. The third kappa shape index (κ3) is 4.58. The average Bonchev–Trinajstić information content (AvgIpc) is 2.90. The largest absolute Gasteiger partial charge is 0.469 e. The second-order valence-electron chi connectivity index (χ2n) is 8.00. The minimum atomic E-state index is -3.85. The Labute approximate surface area is 183 Å². The number of rotatable bonds is 5. The van der Waals surface area contributed by atoms with Crippen molar-refractivity contribution in [1.82, 2.24) is 4.73 Å². The maximum atomic E-state index is 13.0. The molecule has 0 spiro atoms. The lowest BCUT2D eigenvalue weighted by Crippen LogP contribution is -2.23. The third-order valence-corrected chi connectivity index (χ3v) is 6.75. The molecule has 1 heterocycles. The highest BCUT2D eigenvalue weighted by Crippen LogP contribution is 2.39. The zero-order chi connectivity index (χ0) is 21.6. The van der Waals surface area contributed by atoms with Crippen LogP contribution in [0.15, 0.2) is 47.5 Å². The van der Waals surface area contributed by atoms with Gasteiger partial charge < -0.3 is 4.53 Å². The molecule has 2 aromatic carbocycles. The highest BCUT2D eigenvalue weighted by atomic mass is 35.5. The third-order valence-electron chi connectivity index (χ3n) is 4.31. The molecule has 0 bridgehead atoms. The summed E-state index contributed by atoms with van der Waals surface area (Å²) in [5.41, 5.74) is 1.80. The molecule has 0 aliphatic rings. The van der Waals surface area contributed by atoms with E-state index < -0.39 is 19.1 Å². The van der Waals surface area contributed by atoms with Crippen LogP contribution in [0, 0.1) is 0 Å². The molecule has 0 unspecified atom stereocenters. The van der Waals surface area contributed by atoms with E-state index in [2.05, 4.69) is 25.5 Å². The number of nitrogens with one attached hydrogen (secondary N) is 1. The summed E-state index contributed by atoms with van der Waals surface area (Å²) < 4.78 is 36.2. The summed E-state index contributed by atoms with van der Waals surface area (Å²) >= 11 is 12.5. The Balaban J connectivity index is 2.23. The maximum absolute atomic E-state index is 13.0. The van der Waals surface area contributed by atoms with Gasteiger partial charge in [0.15, 0.2) is 0 Å². The lowest BCUT2D eigenvalue weighted by molar-refractivity contribution is 0.297. The molecule has 155 valence electrons. The molecule has 3 aromatic rings. The molecule has 29 heavy (non-hydrogen) atoms. The van der Waals surface area contributed by atoms with Crippen LogP contribution in [0.25, 0.3) is 10.9 Å². The van der Waals surface area contributed by atoms with E-state index >= 15 is 0 Å². The fourth-order valence-electron chi connectivity index (χ4n) is 3.11. The highest BCUT2D eigenvalue weighted by molar-refractivity contribution is 7.92. The van der Waals surface area contributed by atoms with Crippen molar-refractivity contribution >= 4 is 58.9 Å². The standard InChI is InChI=1S/C20H23Cl2N2O3SSi/c1-20(2,3)15-9-10-17(19-18(15)16(22)12-24(19)27-29(4)5)23-28(25,26)14-8-6-7-13(21)11-14/h6-12,23H,1-5H3. The highest BCUT2D eigenvalue weighted by Gasteiger charge is 2.25. The molecule has 0 aliphatic carbocycles. The van der Waals surface area contributed by atoms with E-state index in [1.54, 1.807) is 29.1 Å². The summed E-state index contributed by atoms with van der Waals surface area (Å²) in [5.74, 6) is 0. The number of sulfonamides is 1. The summed E-state index contributed by atoms with van der Waals surface area (Å²) in [6, 6.07) is 9.78. The molecular weight excluding hydrogens is 447 g/mol. The Morgan fingerprint density at radius 3 is 2.38 bits per heavy atom. The Bertz CT molecular complexity index is 1170. The van der Waals surface area contributed by atoms with Crippen LogP contribution in [-0.4, -0.2) is 22.2 Å². The van der Waals surface area contributed by atoms with E-state index in [9.17, 15) is 8.42 Å². The molecule has 0 saturated carbocycles. The van der Waals surface area contributed by atoms with E-state index in [-0.39, 0.29) is 10.3 Å². The van der Waals surface area contributed by atoms with Crippen molar-refractivity contribution < 1.29 is 12.9 Å². The van der Waals surface area contributed by atoms with E-state index in [1.165, 1.54) is 12.1 Å². The van der Waals surface area contributed by atoms with Crippen molar-refractivity contribution in [3.8, 4) is 0 Å². The lowest BCUT2D eigenvalue weighted by Gasteiger charge is -2.22. The first kappa shape index (κ1) is 22.0. The van der Waals surface area contributed by atoms with E-state index in [1.807, 2.05) is 19.2 Å².